The minimum Gasteiger partial charge on any atom is -0.351 e. The number of nitrogens with zero attached hydrogens (tertiary/aromatic N) is 1. The van der Waals surface area contributed by atoms with Gasteiger partial charge in [-0.25, -0.2) is 4.39 Å². The Kier molecular flexibility index (Phi) is 3.66. The van der Waals surface area contributed by atoms with Crippen molar-refractivity contribution in [2.75, 3.05) is 12.8 Å². The lowest BCUT2D eigenvalue weighted by molar-refractivity contribution is 0.0939. The van der Waals surface area contributed by atoms with Crippen LogP contribution in [0.15, 0.2) is 18.5 Å². The van der Waals surface area contributed by atoms with Gasteiger partial charge in [-0.1, -0.05) is 6.42 Å². The second-order valence-corrected chi connectivity index (χ2v) is 5.55. The lowest BCUT2D eigenvalue weighted by Gasteiger charge is -2.40. The van der Waals surface area contributed by atoms with Gasteiger partial charge in [-0.15, -0.1) is 0 Å². The van der Waals surface area contributed by atoms with E-state index in [1.165, 1.54) is 18.7 Å². The average molecular weight is 254 g/mol. The highest BCUT2D eigenvalue weighted by Crippen LogP contribution is 2.42. The molecule has 92 valence electrons. The van der Waals surface area contributed by atoms with Crippen molar-refractivity contribution in [2.24, 2.45) is 0 Å². The number of pyridine rings is 1. The number of halogens is 1. The van der Waals surface area contributed by atoms with Gasteiger partial charge < -0.3 is 5.32 Å². The van der Waals surface area contributed by atoms with Crippen LogP contribution >= 0.6 is 11.8 Å². The van der Waals surface area contributed by atoms with Crippen LogP contribution in [0.3, 0.4) is 0 Å². The molecule has 1 aromatic heterocycles. The van der Waals surface area contributed by atoms with Gasteiger partial charge in [0.05, 0.1) is 11.8 Å². The van der Waals surface area contributed by atoms with Crippen LogP contribution in [0.5, 0.6) is 0 Å². The van der Waals surface area contributed by atoms with Crippen LogP contribution in [0.1, 0.15) is 29.6 Å². The van der Waals surface area contributed by atoms with Crippen LogP contribution < -0.4 is 5.32 Å². The predicted molar refractivity (Wildman–Crippen MR) is 66.6 cm³/mol. The molecule has 3 nitrogen and oxygen atoms in total. The Bertz CT molecular complexity index is 415. The monoisotopic (exact) mass is 254 g/mol. The van der Waals surface area contributed by atoms with Gasteiger partial charge in [0.1, 0.15) is 0 Å². The van der Waals surface area contributed by atoms with Gasteiger partial charge in [0.15, 0.2) is 5.82 Å². The molecular formula is C12H15FN2OS. The smallest absolute Gasteiger partial charge is 0.254 e. The first-order chi connectivity index (χ1) is 8.17. The number of aromatic nitrogens is 1. The van der Waals surface area contributed by atoms with Gasteiger partial charge in [0, 0.05) is 17.5 Å². The number of rotatable bonds is 4. The third kappa shape index (κ3) is 2.60. The lowest BCUT2D eigenvalue weighted by atomic mass is 9.84. The summed E-state index contributed by atoms with van der Waals surface area (Å²) in [6.07, 6.45) is 7.98. The van der Waals surface area contributed by atoms with E-state index in [4.69, 9.17) is 0 Å². The maximum Gasteiger partial charge on any atom is 0.254 e. The third-order valence-corrected chi connectivity index (χ3v) is 4.70. The summed E-state index contributed by atoms with van der Waals surface area (Å²) in [5.74, 6) is -0.929. The number of nitrogens with one attached hydrogen (secondary N) is 1. The topological polar surface area (TPSA) is 42.0 Å². The van der Waals surface area contributed by atoms with Crippen LogP contribution in [0.25, 0.3) is 0 Å². The molecule has 0 atom stereocenters. The number of hydrogen-bond acceptors (Lipinski definition) is 3. The Hall–Kier alpha value is -1.10. The Morgan fingerprint density at radius 3 is 2.94 bits per heavy atom. The zero-order valence-corrected chi connectivity index (χ0v) is 10.5. The summed E-state index contributed by atoms with van der Waals surface area (Å²) in [5, 5.41) is 2.81. The maximum absolute atomic E-state index is 13.3. The van der Waals surface area contributed by atoms with Gasteiger partial charge >= 0.3 is 0 Å². The summed E-state index contributed by atoms with van der Waals surface area (Å²) < 4.78 is 13.5. The van der Waals surface area contributed by atoms with Crippen molar-refractivity contribution >= 4 is 17.7 Å². The molecule has 1 amide bonds. The van der Waals surface area contributed by atoms with E-state index in [0.717, 1.165) is 19.0 Å². The first-order valence-electron chi connectivity index (χ1n) is 5.60. The van der Waals surface area contributed by atoms with Crippen molar-refractivity contribution in [1.82, 2.24) is 10.3 Å². The van der Waals surface area contributed by atoms with Crippen molar-refractivity contribution in [3.8, 4) is 0 Å². The Labute approximate surface area is 104 Å². The first kappa shape index (κ1) is 12.4. The molecule has 1 aliphatic rings. The van der Waals surface area contributed by atoms with E-state index in [0.29, 0.717) is 6.54 Å². The van der Waals surface area contributed by atoms with Crippen molar-refractivity contribution in [2.45, 2.75) is 24.0 Å². The summed E-state index contributed by atoms with van der Waals surface area (Å²) in [6.45, 7) is 0.606. The van der Waals surface area contributed by atoms with Crippen molar-refractivity contribution in [3.63, 3.8) is 0 Å². The quantitative estimate of drug-likeness (QED) is 0.896. The van der Waals surface area contributed by atoms with E-state index in [1.54, 1.807) is 11.8 Å². The van der Waals surface area contributed by atoms with E-state index in [2.05, 4.69) is 16.6 Å². The van der Waals surface area contributed by atoms with Crippen LogP contribution in [0.2, 0.25) is 0 Å². The van der Waals surface area contributed by atoms with E-state index in [1.807, 2.05) is 0 Å². The normalized spacial score (nSPS) is 17.3. The number of carbonyl (C=O) groups excluding carboxylic acids is 1. The lowest BCUT2D eigenvalue weighted by Crippen LogP contribution is -2.45. The summed E-state index contributed by atoms with van der Waals surface area (Å²) in [7, 11) is 0. The predicted octanol–water partition coefficient (Wildman–Crippen LogP) is 2.24. The molecule has 0 radical (unpaired) electrons. The number of amides is 1. The van der Waals surface area contributed by atoms with Gasteiger partial charge in [-0.05, 0) is 25.2 Å². The molecule has 0 bridgehead atoms. The first-order valence-corrected chi connectivity index (χ1v) is 6.82. The molecule has 1 N–H and O–H groups in total. The molecule has 1 fully saturated rings. The molecule has 5 heteroatoms. The molecule has 1 heterocycles. The fourth-order valence-electron chi connectivity index (χ4n) is 1.92. The highest BCUT2D eigenvalue weighted by molar-refractivity contribution is 8.00. The molecule has 0 spiro atoms. The summed E-state index contributed by atoms with van der Waals surface area (Å²) in [4.78, 5) is 15.4. The molecule has 1 saturated carbocycles. The van der Waals surface area contributed by atoms with Gasteiger partial charge in [-0.2, -0.15) is 11.8 Å². The molecule has 17 heavy (non-hydrogen) atoms. The maximum atomic E-state index is 13.3. The second kappa shape index (κ2) is 5.04. The van der Waals surface area contributed by atoms with Crippen molar-refractivity contribution in [3.05, 3.63) is 29.8 Å². The molecule has 0 aliphatic heterocycles. The van der Waals surface area contributed by atoms with Crippen LogP contribution in [0.4, 0.5) is 4.39 Å². The molecule has 1 aliphatic carbocycles. The van der Waals surface area contributed by atoms with E-state index in [-0.39, 0.29) is 16.2 Å². The van der Waals surface area contributed by atoms with Crippen molar-refractivity contribution in [1.29, 1.82) is 0 Å². The highest BCUT2D eigenvalue weighted by atomic mass is 32.2. The SMILES string of the molecule is CSC1(CNC(=O)c2ccncc2F)CCC1. The molecule has 1 aromatic rings. The Morgan fingerprint density at radius 1 is 1.65 bits per heavy atom. The zero-order valence-electron chi connectivity index (χ0n) is 9.70. The summed E-state index contributed by atoms with van der Waals surface area (Å²) in [5.41, 5.74) is 0.0653. The van der Waals surface area contributed by atoms with E-state index >= 15 is 0 Å². The van der Waals surface area contributed by atoms with Crippen molar-refractivity contribution < 1.29 is 9.18 Å². The van der Waals surface area contributed by atoms with E-state index < -0.39 is 5.82 Å². The minimum absolute atomic E-state index is 0.0653. The number of carbonyl (C=O) groups is 1. The van der Waals surface area contributed by atoms with Gasteiger partial charge in [0.2, 0.25) is 0 Å². The minimum atomic E-state index is -0.572. The van der Waals surface area contributed by atoms with Gasteiger partial charge in [0.25, 0.3) is 5.91 Å². The third-order valence-electron chi connectivity index (χ3n) is 3.29. The standard InChI is InChI=1S/C12H15FN2OS/c1-17-12(4-2-5-12)8-15-11(16)9-3-6-14-7-10(9)13/h3,6-7H,2,4-5,8H2,1H3,(H,15,16). The summed E-state index contributed by atoms with van der Waals surface area (Å²) >= 11 is 1.78. The van der Waals surface area contributed by atoms with Crippen LogP contribution in [0, 0.1) is 5.82 Å². The Balaban J connectivity index is 1.96. The average Bonchev–Trinajstić information content (AvgIpc) is 2.28. The fourth-order valence-corrected chi connectivity index (χ4v) is 2.83. The molecule has 2 rings (SSSR count). The molecule has 0 unspecified atom stereocenters. The number of hydrogen-bond donors (Lipinski definition) is 1. The van der Waals surface area contributed by atoms with Gasteiger partial charge in [-0.3, -0.25) is 9.78 Å². The van der Waals surface area contributed by atoms with Crippen LogP contribution in [-0.2, 0) is 0 Å². The van der Waals surface area contributed by atoms with Crippen LogP contribution in [-0.4, -0.2) is 28.4 Å². The molecule has 0 aromatic carbocycles. The summed E-state index contributed by atoms with van der Waals surface area (Å²) in [6, 6.07) is 1.40. The zero-order chi connectivity index (χ0) is 12.3. The van der Waals surface area contributed by atoms with E-state index in [9.17, 15) is 9.18 Å². The largest absolute Gasteiger partial charge is 0.351 e. The highest BCUT2D eigenvalue weighted by Gasteiger charge is 2.36. The second-order valence-electron chi connectivity index (χ2n) is 4.28. The molecular weight excluding hydrogens is 239 g/mol. The molecule has 0 saturated heterocycles. The fraction of sp³-hybridized carbons (Fsp3) is 0.500. The number of thioether (sulfide) groups is 1. The Morgan fingerprint density at radius 2 is 2.41 bits per heavy atom.